The highest BCUT2D eigenvalue weighted by Gasteiger charge is 2.25. The van der Waals surface area contributed by atoms with Gasteiger partial charge in [-0.05, 0) is 75.2 Å². The zero-order valence-electron chi connectivity index (χ0n) is 33.5. The molecule has 20 nitrogen and oxygen atoms in total. The summed E-state index contributed by atoms with van der Waals surface area (Å²) in [6.07, 6.45) is 2.34. The van der Waals surface area contributed by atoms with Crippen molar-refractivity contribution in [2.75, 3.05) is 46.6 Å². The molecule has 4 amide bonds. The number of aliphatic hydroxyl groups is 1. The first kappa shape index (κ1) is 46.0. The fraction of sp³-hybridized carbons (Fsp3) is 0.350. The first-order valence-corrected chi connectivity index (χ1v) is 19.0. The second-order valence-corrected chi connectivity index (χ2v) is 13.9. The first-order valence-electron chi connectivity index (χ1n) is 19.0. The van der Waals surface area contributed by atoms with Crippen LogP contribution in [0, 0.1) is 28.5 Å². The second-order valence-electron chi connectivity index (χ2n) is 13.9. The van der Waals surface area contributed by atoms with Gasteiger partial charge in [-0.15, -0.1) is 0 Å². The Balaban J connectivity index is 0.000000230. The molecule has 0 spiro atoms. The monoisotopic (exact) mass is 838 g/mol. The summed E-state index contributed by atoms with van der Waals surface area (Å²) >= 11 is 0. The van der Waals surface area contributed by atoms with Crippen molar-refractivity contribution < 1.29 is 33.4 Å². The maximum absolute atomic E-state index is 12.1. The smallest absolute Gasteiger partial charge is 0.267 e. The van der Waals surface area contributed by atoms with Gasteiger partial charge in [-0.3, -0.25) is 19.2 Å². The summed E-state index contributed by atoms with van der Waals surface area (Å²) in [5.41, 5.74) is 22.3. The third-order valence-electron chi connectivity index (χ3n) is 9.25. The van der Waals surface area contributed by atoms with Crippen molar-refractivity contribution in [2.45, 2.75) is 63.8 Å². The van der Waals surface area contributed by atoms with E-state index in [1.165, 1.54) is 36.4 Å². The number of ether oxygens (including phenoxy) is 1. The zero-order chi connectivity index (χ0) is 44.6. The highest BCUT2D eigenvalue weighted by molar-refractivity contribution is 5.93. The van der Waals surface area contributed by atoms with Crippen LogP contribution < -0.4 is 48.1 Å². The number of hydrogen-bond donors (Lipinski definition) is 7. The molecule has 0 bridgehead atoms. The van der Waals surface area contributed by atoms with E-state index in [4.69, 9.17) is 38.2 Å². The first-order chi connectivity index (χ1) is 29.0. The predicted octanol–water partition coefficient (Wildman–Crippen LogP) is 1.30. The molecular weight excluding hydrogens is 792 g/mol. The van der Waals surface area contributed by atoms with E-state index in [1.54, 1.807) is 38.1 Å². The van der Waals surface area contributed by atoms with Crippen molar-refractivity contribution in [2.24, 2.45) is 22.9 Å². The molecule has 0 radical (unpaired) electrons. The van der Waals surface area contributed by atoms with Crippen molar-refractivity contribution in [1.29, 1.82) is 10.5 Å². The molecule has 0 aliphatic carbocycles. The Morgan fingerprint density at radius 2 is 1.10 bits per heavy atom. The van der Waals surface area contributed by atoms with Crippen LogP contribution in [-0.2, 0) is 9.59 Å². The van der Waals surface area contributed by atoms with Crippen LogP contribution in [0.4, 0.5) is 27.9 Å². The van der Waals surface area contributed by atoms with Crippen molar-refractivity contribution in [3.63, 3.8) is 0 Å². The van der Waals surface area contributed by atoms with E-state index in [9.17, 15) is 28.7 Å². The third kappa shape index (κ3) is 14.3. The lowest BCUT2D eigenvalue weighted by atomic mass is 10.1. The van der Waals surface area contributed by atoms with E-state index in [-0.39, 0.29) is 29.4 Å². The Bertz CT molecular complexity index is 2230. The maximum atomic E-state index is 12.1. The molecule has 320 valence electrons. The minimum atomic E-state index is -0.688. The third-order valence-corrected chi connectivity index (χ3v) is 9.25. The summed E-state index contributed by atoms with van der Waals surface area (Å²) in [7, 11) is 0. The van der Waals surface area contributed by atoms with Gasteiger partial charge in [0.25, 0.3) is 11.8 Å². The number of nitrogens with two attached hydrogens (primary N) is 4. The molecule has 2 atom stereocenters. The number of anilines is 4. The maximum Gasteiger partial charge on any atom is 0.267 e. The van der Waals surface area contributed by atoms with Gasteiger partial charge in [0.15, 0.2) is 0 Å². The van der Waals surface area contributed by atoms with Gasteiger partial charge >= 0.3 is 0 Å². The van der Waals surface area contributed by atoms with E-state index >= 15 is 0 Å². The fourth-order valence-corrected chi connectivity index (χ4v) is 5.70. The van der Waals surface area contributed by atoms with Crippen LogP contribution in [0.3, 0.4) is 0 Å². The van der Waals surface area contributed by atoms with Crippen LogP contribution in [0.1, 0.15) is 71.6 Å². The van der Waals surface area contributed by atoms with Crippen molar-refractivity contribution in [3.05, 3.63) is 89.0 Å². The minimum absolute atomic E-state index is 0.0148. The zero-order valence-corrected chi connectivity index (χ0v) is 33.5. The van der Waals surface area contributed by atoms with Crippen molar-refractivity contribution in [3.8, 4) is 17.9 Å². The van der Waals surface area contributed by atoms with Gasteiger partial charge in [0.2, 0.25) is 23.7 Å². The molecule has 0 unspecified atom stereocenters. The fourth-order valence-electron chi connectivity index (χ4n) is 5.70. The van der Waals surface area contributed by atoms with Crippen molar-refractivity contribution in [1.82, 2.24) is 19.9 Å². The number of nitriles is 2. The number of hydrogen-bond acceptors (Lipinski definition) is 16. The lowest BCUT2D eigenvalue weighted by molar-refractivity contribution is -0.119. The molecule has 2 aromatic heterocycles. The van der Waals surface area contributed by atoms with Crippen LogP contribution in [0.5, 0.6) is 5.75 Å². The Morgan fingerprint density at radius 3 is 1.48 bits per heavy atom. The summed E-state index contributed by atoms with van der Waals surface area (Å²) in [6.45, 7) is 5.58. The van der Waals surface area contributed by atoms with E-state index in [2.05, 4.69) is 36.6 Å². The molecule has 2 saturated heterocycles. The molecule has 2 aromatic carbocycles. The number of nitrogens with one attached hydrogen (secondary N) is 2. The lowest BCUT2D eigenvalue weighted by Gasteiger charge is -2.32. The molecule has 2 aliphatic rings. The van der Waals surface area contributed by atoms with E-state index in [1.807, 2.05) is 15.9 Å². The van der Waals surface area contributed by atoms with Gasteiger partial charge in [-0.1, -0.05) is 0 Å². The number of amides is 4. The number of halogens is 1. The van der Waals surface area contributed by atoms with Gasteiger partial charge in [0.05, 0.1) is 29.4 Å². The summed E-state index contributed by atoms with van der Waals surface area (Å²) in [5, 5.41) is 32.3. The number of rotatable bonds is 12. The van der Waals surface area contributed by atoms with Gasteiger partial charge in [-0.2, -0.15) is 20.5 Å². The number of carbonyl (C=O) groups excluding carboxylic acids is 4. The van der Waals surface area contributed by atoms with Crippen LogP contribution in [-0.4, -0.2) is 99.1 Å². The Morgan fingerprint density at radius 1 is 0.705 bits per heavy atom. The van der Waals surface area contributed by atoms with Crippen LogP contribution in [0.15, 0.2) is 60.7 Å². The molecule has 6 rings (SSSR count). The molecule has 4 heterocycles. The standard InChI is InChI=1S/C20H23N7O3.C13H20N6O3.C7H4FN/c1-12(18(22)28)24-17-10-16(19(23)29)25-20(26-17)27-8-6-15(7-9-27)30-14-4-2-13(11-21)3-5-14;1-7(11(14)21)16-10-6-9(12(15)22)17-13(18-10)19-4-2-8(20)3-5-19;8-7-3-1-6(5-9)2-4-7/h2-5,10,12,15H,6-9H2,1H3,(H2,22,28)(H2,23,29)(H,24,25,26);6-8,20H,2-5H2,1H3,(H2,14,21)(H2,15,22)(H,16,17,18);1-4H/t12-;7-;/m00./s1. The van der Waals surface area contributed by atoms with Gasteiger partial charge in [0, 0.05) is 51.2 Å². The quantitative estimate of drug-likeness (QED) is 0.106. The molecule has 4 aromatic rings. The number of aromatic nitrogens is 4. The average molecular weight is 839 g/mol. The summed E-state index contributed by atoms with van der Waals surface area (Å²) in [4.78, 5) is 66.4. The highest BCUT2D eigenvalue weighted by atomic mass is 19.1. The Hall–Kier alpha value is -7.65. The molecule has 2 aliphatic heterocycles. The number of nitrogens with zero attached hydrogens (tertiary/aromatic N) is 8. The van der Waals surface area contributed by atoms with Crippen molar-refractivity contribution >= 4 is 47.2 Å². The number of benzene rings is 2. The van der Waals surface area contributed by atoms with E-state index in [0.29, 0.717) is 79.4 Å². The number of aliphatic hydroxyl groups excluding tert-OH is 1. The SMILES string of the molecule is C[C@H](Nc1cc(C(N)=O)nc(N2CCC(O)CC2)n1)C(N)=O.C[C@H](Nc1cc(C(N)=O)nc(N2CCC(Oc3ccc(C#N)cc3)CC2)n1)C(N)=O.N#Cc1ccc(F)cc1. The Kier molecular flexibility index (Phi) is 16.5. The number of carbonyl (C=O) groups is 4. The largest absolute Gasteiger partial charge is 0.490 e. The van der Waals surface area contributed by atoms with Crippen LogP contribution >= 0.6 is 0 Å². The number of primary amides is 4. The molecule has 0 saturated carbocycles. The van der Waals surface area contributed by atoms with Gasteiger partial charge in [-0.25, -0.2) is 14.4 Å². The Labute approximate surface area is 350 Å². The lowest BCUT2D eigenvalue weighted by Crippen LogP contribution is -2.39. The minimum Gasteiger partial charge on any atom is -0.490 e. The topological polar surface area (TPSA) is 331 Å². The van der Waals surface area contributed by atoms with Gasteiger partial charge in [0.1, 0.15) is 52.8 Å². The number of piperidine rings is 2. The second kappa shape index (κ2) is 21.9. The molecule has 2 fully saturated rings. The van der Waals surface area contributed by atoms with Crippen LogP contribution in [0.25, 0.3) is 0 Å². The molecular formula is C40H47FN14O6. The summed E-state index contributed by atoms with van der Waals surface area (Å²) < 4.78 is 18.1. The van der Waals surface area contributed by atoms with E-state index < -0.39 is 35.7 Å². The molecule has 61 heavy (non-hydrogen) atoms. The van der Waals surface area contributed by atoms with E-state index in [0.717, 1.165) is 12.8 Å². The summed E-state index contributed by atoms with van der Waals surface area (Å²) in [6, 6.07) is 17.8. The molecule has 21 heteroatoms. The molecule has 11 N–H and O–H groups in total. The highest BCUT2D eigenvalue weighted by Crippen LogP contribution is 2.24. The normalized spacial score (nSPS) is 14.9. The predicted molar refractivity (Wildman–Crippen MR) is 221 cm³/mol. The van der Waals surface area contributed by atoms with Crippen LogP contribution in [0.2, 0.25) is 0 Å². The summed E-state index contributed by atoms with van der Waals surface area (Å²) in [5.74, 6) is -0.765. The van der Waals surface area contributed by atoms with Gasteiger partial charge < -0.3 is 53.2 Å². The average Bonchev–Trinajstić information content (AvgIpc) is 3.25.